The van der Waals surface area contributed by atoms with Crippen LogP contribution in [0, 0.1) is 12.3 Å². The topological polar surface area (TPSA) is 54.3 Å². The van der Waals surface area contributed by atoms with Crippen LogP contribution in [-0.2, 0) is 4.79 Å². The SMILES string of the molecule is C#CCNCC(=O)N[C@@H](C)c1ccco1. The van der Waals surface area contributed by atoms with Gasteiger partial charge in [-0.1, -0.05) is 5.92 Å². The number of carbonyl (C=O) groups excluding carboxylic acids is 1. The van der Waals surface area contributed by atoms with Gasteiger partial charge in [0.25, 0.3) is 0 Å². The number of carbonyl (C=O) groups is 1. The van der Waals surface area contributed by atoms with E-state index in [0.29, 0.717) is 6.54 Å². The largest absolute Gasteiger partial charge is 0.467 e. The van der Waals surface area contributed by atoms with Crippen LogP contribution in [-0.4, -0.2) is 19.0 Å². The molecule has 4 heteroatoms. The minimum atomic E-state index is -0.125. The molecule has 1 amide bonds. The molecule has 0 aliphatic heterocycles. The smallest absolute Gasteiger partial charge is 0.234 e. The molecule has 0 aliphatic rings. The fourth-order valence-electron chi connectivity index (χ4n) is 1.15. The van der Waals surface area contributed by atoms with E-state index < -0.39 is 0 Å². The Hall–Kier alpha value is -1.73. The van der Waals surface area contributed by atoms with Crippen LogP contribution in [0.15, 0.2) is 22.8 Å². The van der Waals surface area contributed by atoms with Gasteiger partial charge < -0.3 is 9.73 Å². The van der Waals surface area contributed by atoms with Gasteiger partial charge in [-0.25, -0.2) is 0 Å². The standard InChI is InChI=1S/C11H14N2O2/c1-3-6-12-8-11(14)13-9(2)10-5-4-7-15-10/h1,4-5,7,9,12H,6,8H2,2H3,(H,13,14)/t9-/m0/s1. The first-order valence-electron chi connectivity index (χ1n) is 4.71. The van der Waals surface area contributed by atoms with Crippen LogP contribution < -0.4 is 10.6 Å². The van der Waals surface area contributed by atoms with Crippen molar-refractivity contribution >= 4 is 5.91 Å². The van der Waals surface area contributed by atoms with Gasteiger partial charge in [0.2, 0.25) is 5.91 Å². The number of amides is 1. The molecule has 0 fully saturated rings. The summed E-state index contributed by atoms with van der Waals surface area (Å²) in [4.78, 5) is 11.3. The monoisotopic (exact) mass is 206 g/mol. The maximum absolute atomic E-state index is 11.3. The van der Waals surface area contributed by atoms with Crippen molar-refractivity contribution in [2.24, 2.45) is 0 Å². The third-order valence-corrected chi connectivity index (χ3v) is 1.86. The molecule has 1 atom stereocenters. The lowest BCUT2D eigenvalue weighted by Gasteiger charge is -2.11. The summed E-state index contributed by atoms with van der Waals surface area (Å²) in [7, 11) is 0. The van der Waals surface area contributed by atoms with E-state index in [1.54, 1.807) is 12.3 Å². The molecular formula is C11H14N2O2. The van der Waals surface area contributed by atoms with E-state index in [2.05, 4.69) is 16.6 Å². The first-order valence-corrected chi connectivity index (χ1v) is 4.71. The van der Waals surface area contributed by atoms with Crippen LogP contribution in [0.3, 0.4) is 0 Å². The van der Waals surface area contributed by atoms with Crippen molar-refractivity contribution in [3.63, 3.8) is 0 Å². The summed E-state index contributed by atoms with van der Waals surface area (Å²) in [6.07, 6.45) is 6.61. The van der Waals surface area contributed by atoms with Gasteiger partial charge in [0.15, 0.2) is 0 Å². The maximum atomic E-state index is 11.3. The molecule has 0 aliphatic carbocycles. The van der Waals surface area contributed by atoms with Crippen molar-refractivity contribution < 1.29 is 9.21 Å². The molecule has 0 unspecified atom stereocenters. The van der Waals surface area contributed by atoms with Gasteiger partial charge in [-0.05, 0) is 19.1 Å². The molecule has 1 aromatic heterocycles. The molecule has 2 N–H and O–H groups in total. The van der Waals surface area contributed by atoms with E-state index in [0.717, 1.165) is 5.76 Å². The van der Waals surface area contributed by atoms with Crippen molar-refractivity contribution in [2.45, 2.75) is 13.0 Å². The zero-order chi connectivity index (χ0) is 11.1. The summed E-state index contributed by atoms with van der Waals surface area (Å²) in [5, 5.41) is 5.58. The number of furan rings is 1. The maximum Gasteiger partial charge on any atom is 0.234 e. The number of hydrogen-bond donors (Lipinski definition) is 2. The molecule has 0 bridgehead atoms. The summed E-state index contributed by atoms with van der Waals surface area (Å²) in [6, 6.07) is 3.48. The van der Waals surface area contributed by atoms with Crippen LogP contribution in [0.5, 0.6) is 0 Å². The first kappa shape index (κ1) is 11.3. The van der Waals surface area contributed by atoms with Crippen LogP contribution >= 0.6 is 0 Å². The quantitative estimate of drug-likeness (QED) is 0.550. The second-order valence-corrected chi connectivity index (χ2v) is 3.11. The number of rotatable bonds is 5. The molecule has 0 saturated carbocycles. The minimum Gasteiger partial charge on any atom is -0.467 e. The van der Waals surface area contributed by atoms with Crippen molar-refractivity contribution in [1.82, 2.24) is 10.6 Å². The van der Waals surface area contributed by atoms with E-state index in [1.807, 2.05) is 13.0 Å². The van der Waals surface area contributed by atoms with E-state index in [1.165, 1.54) is 0 Å². The highest BCUT2D eigenvalue weighted by atomic mass is 16.3. The van der Waals surface area contributed by atoms with Crippen molar-refractivity contribution in [1.29, 1.82) is 0 Å². The van der Waals surface area contributed by atoms with Crippen molar-refractivity contribution in [2.75, 3.05) is 13.1 Å². The molecule has 4 nitrogen and oxygen atoms in total. The summed E-state index contributed by atoms with van der Waals surface area (Å²) in [5.41, 5.74) is 0. The van der Waals surface area contributed by atoms with E-state index >= 15 is 0 Å². The Kier molecular flexibility index (Phi) is 4.45. The van der Waals surface area contributed by atoms with Crippen LogP contribution in [0.1, 0.15) is 18.7 Å². The normalized spacial score (nSPS) is 11.7. The van der Waals surface area contributed by atoms with Gasteiger partial charge in [0.1, 0.15) is 5.76 Å². The van der Waals surface area contributed by atoms with Crippen LogP contribution in [0.25, 0.3) is 0 Å². The minimum absolute atomic E-state index is 0.103. The van der Waals surface area contributed by atoms with Gasteiger partial charge in [-0.15, -0.1) is 6.42 Å². The molecule has 0 radical (unpaired) electrons. The Bertz CT molecular complexity index is 338. The summed E-state index contributed by atoms with van der Waals surface area (Å²) in [6.45, 7) is 2.47. The van der Waals surface area contributed by atoms with Crippen molar-refractivity contribution in [3.8, 4) is 12.3 Å². The summed E-state index contributed by atoms with van der Waals surface area (Å²) < 4.78 is 5.15. The van der Waals surface area contributed by atoms with E-state index in [-0.39, 0.29) is 18.5 Å². The van der Waals surface area contributed by atoms with Crippen LogP contribution in [0.4, 0.5) is 0 Å². The predicted octanol–water partition coefficient (Wildman–Crippen LogP) is 0.680. The lowest BCUT2D eigenvalue weighted by molar-refractivity contribution is -0.120. The Labute approximate surface area is 89.0 Å². The van der Waals surface area contributed by atoms with Gasteiger partial charge in [-0.2, -0.15) is 0 Å². The number of terminal acetylenes is 1. The molecule has 0 saturated heterocycles. The predicted molar refractivity (Wildman–Crippen MR) is 57.0 cm³/mol. The number of nitrogens with one attached hydrogen (secondary N) is 2. The highest BCUT2D eigenvalue weighted by Crippen LogP contribution is 2.11. The second kappa shape index (κ2) is 5.89. The Morgan fingerprint density at radius 2 is 2.53 bits per heavy atom. The Morgan fingerprint density at radius 1 is 1.73 bits per heavy atom. The zero-order valence-corrected chi connectivity index (χ0v) is 8.62. The fourth-order valence-corrected chi connectivity index (χ4v) is 1.15. The fraction of sp³-hybridized carbons (Fsp3) is 0.364. The summed E-state index contributed by atoms with van der Waals surface area (Å²) >= 11 is 0. The third-order valence-electron chi connectivity index (χ3n) is 1.86. The van der Waals surface area contributed by atoms with Gasteiger partial charge in [0, 0.05) is 0 Å². The average Bonchev–Trinajstić information content (AvgIpc) is 2.70. The number of hydrogen-bond acceptors (Lipinski definition) is 3. The molecule has 1 heterocycles. The van der Waals surface area contributed by atoms with E-state index in [4.69, 9.17) is 10.8 Å². The third kappa shape index (κ3) is 3.88. The average molecular weight is 206 g/mol. The second-order valence-electron chi connectivity index (χ2n) is 3.11. The zero-order valence-electron chi connectivity index (χ0n) is 8.62. The molecule has 0 aromatic carbocycles. The van der Waals surface area contributed by atoms with E-state index in [9.17, 15) is 4.79 Å². The highest BCUT2D eigenvalue weighted by Gasteiger charge is 2.10. The highest BCUT2D eigenvalue weighted by molar-refractivity contribution is 5.78. The van der Waals surface area contributed by atoms with Gasteiger partial charge in [-0.3, -0.25) is 10.1 Å². The molecule has 1 aromatic rings. The first-order chi connectivity index (χ1) is 7.24. The Morgan fingerprint density at radius 3 is 3.13 bits per heavy atom. The Balaban J connectivity index is 2.29. The summed E-state index contributed by atoms with van der Waals surface area (Å²) in [5.74, 6) is 3.03. The van der Waals surface area contributed by atoms with Gasteiger partial charge >= 0.3 is 0 Å². The lowest BCUT2D eigenvalue weighted by atomic mass is 10.2. The molecule has 1 rings (SSSR count). The molecular weight excluding hydrogens is 192 g/mol. The molecule has 0 spiro atoms. The lowest BCUT2D eigenvalue weighted by Crippen LogP contribution is -2.35. The van der Waals surface area contributed by atoms with Crippen LogP contribution in [0.2, 0.25) is 0 Å². The molecule has 15 heavy (non-hydrogen) atoms. The van der Waals surface area contributed by atoms with Gasteiger partial charge in [0.05, 0.1) is 25.4 Å². The molecule has 80 valence electrons. The van der Waals surface area contributed by atoms with Crippen molar-refractivity contribution in [3.05, 3.63) is 24.2 Å².